The van der Waals surface area contributed by atoms with Crippen LogP contribution in [-0.2, 0) is 42.8 Å². The Hall–Kier alpha value is -2.98. The lowest BCUT2D eigenvalue weighted by atomic mass is 9.40. The number of benzene rings is 1. The van der Waals surface area contributed by atoms with E-state index in [4.69, 9.17) is 28.4 Å². The minimum atomic E-state index is -1.41. The molecule has 2 spiro atoms. The van der Waals surface area contributed by atoms with Crippen LogP contribution in [0.1, 0.15) is 77.1 Å². The van der Waals surface area contributed by atoms with Gasteiger partial charge in [0.2, 0.25) is 0 Å². The largest absolute Gasteiger partial charge is 0.462 e. The van der Waals surface area contributed by atoms with Gasteiger partial charge in [0, 0.05) is 31.1 Å². The van der Waals surface area contributed by atoms with E-state index in [1.165, 1.54) is 13.8 Å². The van der Waals surface area contributed by atoms with Crippen LogP contribution in [0, 0.1) is 16.7 Å². The lowest BCUT2D eigenvalue weighted by Crippen LogP contribution is -2.80. The molecule has 5 aliphatic rings. The maximum absolute atomic E-state index is 13.5. The Morgan fingerprint density at radius 1 is 0.902 bits per heavy atom. The van der Waals surface area contributed by atoms with E-state index in [0.29, 0.717) is 12.2 Å². The number of carbonyl (C=O) groups excluding carboxylic acids is 4. The van der Waals surface area contributed by atoms with Crippen molar-refractivity contribution < 1.29 is 47.6 Å². The van der Waals surface area contributed by atoms with Crippen LogP contribution in [-0.4, -0.2) is 72.2 Å². The summed E-state index contributed by atoms with van der Waals surface area (Å²) in [4.78, 5) is 51.4. The minimum absolute atomic E-state index is 0.171. The average molecular weight is 571 g/mol. The molecule has 222 valence electrons. The van der Waals surface area contributed by atoms with E-state index in [-0.39, 0.29) is 25.4 Å². The van der Waals surface area contributed by atoms with Gasteiger partial charge in [-0.1, -0.05) is 38.5 Å². The Kier molecular flexibility index (Phi) is 6.36. The fourth-order valence-corrected chi connectivity index (χ4v) is 8.82. The first-order valence-corrected chi connectivity index (χ1v) is 14.4. The molecular formula is C31H38O10. The number of cyclic esters (lactones) is 1. The van der Waals surface area contributed by atoms with Crippen molar-refractivity contribution in [2.75, 3.05) is 13.2 Å². The Labute approximate surface area is 239 Å². The van der Waals surface area contributed by atoms with Gasteiger partial charge in [0.05, 0.1) is 24.2 Å². The van der Waals surface area contributed by atoms with E-state index in [9.17, 15) is 19.2 Å². The Morgan fingerprint density at radius 3 is 2.17 bits per heavy atom. The van der Waals surface area contributed by atoms with Crippen molar-refractivity contribution in [3.8, 4) is 0 Å². The quantitative estimate of drug-likeness (QED) is 0.301. The second kappa shape index (κ2) is 9.26. The molecule has 5 fully saturated rings. The molecule has 3 heterocycles. The van der Waals surface area contributed by atoms with Crippen molar-refractivity contribution >= 4 is 23.9 Å². The number of rotatable bonds is 4. The average Bonchev–Trinajstić information content (AvgIpc) is 3.60. The molecule has 10 heteroatoms. The summed E-state index contributed by atoms with van der Waals surface area (Å²) in [5.41, 5.74) is -4.20. The summed E-state index contributed by atoms with van der Waals surface area (Å²) in [5.74, 6) is -2.28. The zero-order chi connectivity index (χ0) is 29.4. The first kappa shape index (κ1) is 28.2. The molecule has 1 aromatic rings. The van der Waals surface area contributed by atoms with E-state index in [0.717, 1.165) is 19.3 Å². The molecule has 0 radical (unpaired) electrons. The van der Waals surface area contributed by atoms with Gasteiger partial charge in [0.15, 0.2) is 11.7 Å². The highest BCUT2D eigenvalue weighted by molar-refractivity contribution is 5.89. The standard InChI is InChI=1S/C31H38O10/c1-18(32)38-22-14-27(3)29(5,21-12-9-13-31(17-37-31)28(21,22)4)24(39-19(2)33)25(30(41-27)15-23(34)36-16-30)40-26(35)20-10-7-6-8-11-20/h6-8,10-11,21-22,24-25H,9,12-17H2,1-5H3/t21-,22-,24-,25-,27-,28-,29-,30+,31-/m0/s1. The predicted molar refractivity (Wildman–Crippen MR) is 141 cm³/mol. The molecule has 9 atom stereocenters. The summed E-state index contributed by atoms with van der Waals surface area (Å²) >= 11 is 0. The summed E-state index contributed by atoms with van der Waals surface area (Å²) in [6.45, 7) is 9.13. The van der Waals surface area contributed by atoms with E-state index in [1.54, 1.807) is 30.3 Å². The van der Waals surface area contributed by atoms with Gasteiger partial charge in [-0.2, -0.15) is 0 Å². The smallest absolute Gasteiger partial charge is 0.338 e. The zero-order valence-electron chi connectivity index (χ0n) is 24.2. The van der Waals surface area contributed by atoms with Gasteiger partial charge in [-0.3, -0.25) is 14.4 Å². The lowest BCUT2D eigenvalue weighted by molar-refractivity contribution is -0.370. The van der Waals surface area contributed by atoms with Crippen molar-refractivity contribution in [1.82, 2.24) is 0 Å². The molecule has 0 bridgehead atoms. The van der Waals surface area contributed by atoms with Crippen molar-refractivity contribution in [3.63, 3.8) is 0 Å². The monoisotopic (exact) mass is 570 g/mol. The van der Waals surface area contributed by atoms with Crippen LogP contribution in [0.3, 0.4) is 0 Å². The lowest BCUT2D eigenvalue weighted by Gasteiger charge is -2.70. The molecule has 41 heavy (non-hydrogen) atoms. The summed E-state index contributed by atoms with van der Waals surface area (Å²) in [6.07, 6.45) is -0.190. The van der Waals surface area contributed by atoms with E-state index < -0.39 is 69.8 Å². The second-order valence-corrected chi connectivity index (χ2v) is 13.1. The van der Waals surface area contributed by atoms with Crippen molar-refractivity contribution in [1.29, 1.82) is 0 Å². The van der Waals surface area contributed by atoms with Gasteiger partial charge in [-0.15, -0.1) is 0 Å². The summed E-state index contributed by atoms with van der Waals surface area (Å²) < 4.78 is 37.1. The number of hydrogen-bond donors (Lipinski definition) is 0. The van der Waals surface area contributed by atoms with Crippen molar-refractivity contribution in [2.45, 2.75) is 102 Å². The normalized spacial score (nSPS) is 44.4. The Balaban J connectivity index is 1.52. The summed E-state index contributed by atoms with van der Waals surface area (Å²) in [7, 11) is 0. The minimum Gasteiger partial charge on any atom is -0.462 e. The number of fused-ring (bicyclic) bond motifs is 4. The number of hydrogen-bond acceptors (Lipinski definition) is 10. The Bertz CT molecular complexity index is 1270. The highest BCUT2D eigenvalue weighted by atomic mass is 16.6. The van der Waals surface area contributed by atoms with Crippen molar-refractivity contribution in [2.24, 2.45) is 16.7 Å². The fraction of sp³-hybridized carbons (Fsp3) is 0.677. The van der Waals surface area contributed by atoms with Crippen LogP contribution in [0.15, 0.2) is 30.3 Å². The van der Waals surface area contributed by atoms with Gasteiger partial charge in [-0.05, 0) is 37.8 Å². The van der Waals surface area contributed by atoms with Crippen LogP contribution < -0.4 is 0 Å². The highest BCUT2D eigenvalue weighted by Gasteiger charge is 2.81. The van der Waals surface area contributed by atoms with Gasteiger partial charge in [0.1, 0.15) is 24.4 Å². The molecule has 0 aromatic heterocycles. The maximum atomic E-state index is 13.5. The van der Waals surface area contributed by atoms with Crippen LogP contribution in [0.2, 0.25) is 0 Å². The zero-order valence-corrected chi connectivity index (χ0v) is 24.2. The third kappa shape index (κ3) is 3.96. The van der Waals surface area contributed by atoms with Gasteiger partial charge >= 0.3 is 23.9 Å². The van der Waals surface area contributed by atoms with E-state index >= 15 is 0 Å². The topological polar surface area (TPSA) is 127 Å². The SMILES string of the molecule is CC(=O)O[C@H]1C[C@]2(C)O[C@]3(COC(=O)C3)[C@@H](OC(=O)c3ccccc3)[C@H](OC(C)=O)[C@]2(C)[C@H]2CCC[C@]3(CO3)[C@]12C. The number of ether oxygens (including phenoxy) is 6. The predicted octanol–water partition coefficient (Wildman–Crippen LogP) is 3.54. The number of esters is 4. The van der Waals surface area contributed by atoms with E-state index in [1.807, 2.05) is 13.8 Å². The number of epoxide rings is 1. The van der Waals surface area contributed by atoms with Gasteiger partial charge in [0.25, 0.3) is 0 Å². The molecule has 0 amide bonds. The van der Waals surface area contributed by atoms with Crippen LogP contribution in [0.25, 0.3) is 0 Å². The van der Waals surface area contributed by atoms with Crippen molar-refractivity contribution in [3.05, 3.63) is 35.9 Å². The molecule has 6 rings (SSSR count). The molecule has 2 aliphatic carbocycles. The molecular weight excluding hydrogens is 532 g/mol. The van der Waals surface area contributed by atoms with Gasteiger partial charge in [-0.25, -0.2) is 4.79 Å². The summed E-state index contributed by atoms with van der Waals surface area (Å²) in [6, 6.07) is 8.52. The molecule has 3 aliphatic heterocycles. The van der Waals surface area contributed by atoms with Gasteiger partial charge < -0.3 is 28.4 Å². The first-order chi connectivity index (χ1) is 19.3. The highest BCUT2D eigenvalue weighted by Crippen LogP contribution is 2.72. The van der Waals surface area contributed by atoms with Crippen LogP contribution in [0.5, 0.6) is 0 Å². The molecule has 10 nitrogen and oxygen atoms in total. The maximum Gasteiger partial charge on any atom is 0.338 e. The molecule has 0 N–H and O–H groups in total. The molecule has 1 aromatic carbocycles. The summed E-state index contributed by atoms with van der Waals surface area (Å²) in [5, 5.41) is 0. The third-order valence-electron chi connectivity index (χ3n) is 11.0. The van der Waals surface area contributed by atoms with Crippen LogP contribution in [0.4, 0.5) is 0 Å². The first-order valence-electron chi connectivity index (χ1n) is 14.4. The third-order valence-corrected chi connectivity index (χ3v) is 11.0. The molecule has 2 saturated carbocycles. The fourth-order valence-electron chi connectivity index (χ4n) is 8.82. The molecule has 0 unspecified atom stereocenters. The Morgan fingerprint density at radius 2 is 1.59 bits per heavy atom. The molecule has 3 saturated heterocycles. The van der Waals surface area contributed by atoms with Crippen LogP contribution >= 0.6 is 0 Å². The number of carbonyl (C=O) groups is 4. The van der Waals surface area contributed by atoms with E-state index in [2.05, 4.69) is 6.92 Å². The second-order valence-electron chi connectivity index (χ2n) is 13.1.